The molecule has 0 saturated carbocycles. The zero-order chi connectivity index (χ0) is 24.5. The Balaban J connectivity index is 1.61. The number of benzene rings is 3. The van der Waals surface area contributed by atoms with E-state index < -0.39 is 18.2 Å². The number of aromatic hydroxyl groups is 2. The van der Waals surface area contributed by atoms with E-state index in [4.69, 9.17) is 0 Å². The summed E-state index contributed by atoms with van der Waals surface area (Å²) in [5.74, 6) is -2.10. The highest BCUT2D eigenvalue weighted by atomic mass is 19.4. The first-order valence-electron chi connectivity index (χ1n) is 9.91. The molecule has 10 heteroatoms. The molecule has 174 valence electrons. The molecule has 0 aliphatic carbocycles. The summed E-state index contributed by atoms with van der Waals surface area (Å²) in [6.07, 6.45) is -3.37. The molecule has 3 aromatic rings. The van der Waals surface area contributed by atoms with Gasteiger partial charge in [-0.25, -0.2) is 0 Å². The third-order valence-electron chi connectivity index (χ3n) is 5.04. The first-order chi connectivity index (χ1) is 16.1. The summed E-state index contributed by atoms with van der Waals surface area (Å²) in [4.78, 5) is 24.8. The van der Waals surface area contributed by atoms with E-state index in [1.54, 1.807) is 18.2 Å². The summed E-state index contributed by atoms with van der Waals surface area (Å²) < 4.78 is 41.0. The van der Waals surface area contributed by atoms with Crippen LogP contribution in [0.5, 0.6) is 17.2 Å². The van der Waals surface area contributed by atoms with Crippen LogP contribution in [0.1, 0.15) is 21.5 Å². The number of halogens is 3. The van der Waals surface area contributed by atoms with E-state index in [1.807, 2.05) is 0 Å². The zero-order valence-corrected chi connectivity index (χ0v) is 17.3. The van der Waals surface area contributed by atoms with Crippen molar-refractivity contribution in [3.8, 4) is 28.4 Å². The summed E-state index contributed by atoms with van der Waals surface area (Å²) in [5, 5.41) is 24.2. The number of alkyl halides is 3. The van der Waals surface area contributed by atoms with Gasteiger partial charge in [0.15, 0.2) is 11.5 Å². The lowest BCUT2D eigenvalue weighted by Crippen LogP contribution is -2.37. The number of amides is 2. The van der Waals surface area contributed by atoms with Crippen molar-refractivity contribution in [3.05, 3.63) is 83.6 Å². The van der Waals surface area contributed by atoms with Crippen molar-refractivity contribution in [2.75, 3.05) is 0 Å². The predicted molar refractivity (Wildman–Crippen MR) is 116 cm³/mol. The summed E-state index contributed by atoms with van der Waals surface area (Å²) >= 11 is 0. The van der Waals surface area contributed by atoms with Gasteiger partial charge in [-0.15, -0.1) is 13.2 Å². The van der Waals surface area contributed by atoms with Crippen LogP contribution in [-0.2, 0) is 11.3 Å². The zero-order valence-electron chi connectivity index (χ0n) is 17.3. The molecule has 0 atom stereocenters. The predicted octanol–water partition coefficient (Wildman–Crippen LogP) is 4.06. The topological polar surface area (TPSA) is 108 Å². The second-order valence-electron chi connectivity index (χ2n) is 7.38. The van der Waals surface area contributed by atoms with Crippen LogP contribution in [0.2, 0.25) is 0 Å². The molecule has 34 heavy (non-hydrogen) atoms. The standard InChI is InChI=1S/C24H17F3N2O5/c25-24(26,27)34-16-5-2-14(3-6-16)15-4-7-17-18(10-15)19(23(33)29-22(17)32)12-28-11-13-1-8-20(30)21(31)9-13/h1-10,12,28,30-31H,11H2,(H,29,32,33)/b19-12+. The number of fused-ring (bicyclic) bond motifs is 1. The molecule has 1 aliphatic rings. The largest absolute Gasteiger partial charge is 0.573 e. The second-order valence-corrected chi connectivity index (χ2v) is 7.38. The number of phenolic OH excluding ortho intramolecular Hbond substituents is 2. The number of rotatable bonds is 5. The minimum absolute atomic E-state index is 0.177. The molecule has 0 spiro atoms. The van der Waals surface area contributed by atoms with E-state index in [1.165, 1.54) is 48.7 Å². The van der Waals surface area contributed by atoms with Gasteiger partial charge in [-0.2, -0.15) is 0 Å². The van der Waals surface area contributed by atoms with E-state index in [9.17, 15) is 33.0 Å². The van der Waals surface area contributed by atoms with Crippen LogP contribution in [0, 0.1) is 0 Å². The molecule has 0 unspecified atom stereocenters. The third-order valence-corrected chi connectivity index (χ3v) is 5.04. The Kier molecular flexibility index (Phi) is 5.89. The van der Waals surface area contributed by atoms with Gasteiger partial charge in [0.1, 0.15) is 5.75 Å². The Bertz CT molecular complexity index is 1300. The van der Waals surface area contributed by atoms with Crippen LogP contribution in [0.3, 0.4) is 0 Å². The summed E-state index contributed by atoms with van der Waals surface area (Å²) in [6, 6.07) is 14.3. The van der Waals surface area contributed by atoms with E-state index in [0.29, 0.717) is 22.3 Å². The third kappa shape index (κ3) is 4.96. The van der Waals surface area contributed by atoms with E-state index >= 15 is 0 Å². The van der Waals surface area contributed by atoms with Crippen molar-refractivity contribution in [2.24, 2.45) is 0 Å². The summed E-state index contributed by atoms with van der Waals surface area (Å²) in [6.45, 7) is 0.217. The fourth-order valence-corrected chi connectivity index (χ4v) is 3.45. The van der Waals surface area contributed by atoms with Crippen molar-refractivity contribution >= 4 is 17.4 Å². The van der Waals surface area contributed by atoms with Crippen molar-refractivity contribution < 1.29 is 37.7 Å². The molecule has 0 radical (unpaired) electrons. The maximum Gasteiger partial charge on any atom is 0.573 e. The van der Waals surface area contributed by atoms with Gasteiger partial charge in [-0.05, 0) is 53.1 Å². The molecule has 0 fully saturated rings. The fourth-order valence-electron chi connectivity index (χ4n) is 3.45. The van der Waals surface area contributed by atoms with Gasteiger partial charge in [0.05, 0.1) is 5.57 Å². The van der Waals surface area contributed by atoms with Crippen molar-refractivity contribution in [1.82, 2.24) is 10.6 Å². The Morgan fingerprint density at radius 1 is 0.853 bits per heavy atom. The highest BCUT2D eigenvalue weighted by Gasteiger charge is 2.31. The first kappa shape index (κ1) is 22.7. The van der Waals surface area contributed by atoms with Crippen LogP contribution >= 0.6 is 0 Å². The van der Waals surface area contributed by atoms with Gasteiger partial charge in [0.25, 0.3) is 11.8 Å². The molecular formula is C24H17F3N2O5. The number of hydrogen-bond acceptors (Lipinski definition) is 6. The number of ether oxygens (including phenoxy) is 1. The van der Waals surface area contributed by atoms with Gasteiger partial charge >= 0.3 is 6.36 Å². The number of phenols is 2. The summed E-state index contributed by atoms with van der Waals surface area (Å²) in [5.41, 5.74) is 2.56. The number of carbonyl (C=O) groups is 2. The highest BCUT2D eigenvalue weighted by Crippen LogP contribution is 2.31. The normalized spacial score (nSPS) is 14.5. The molecule has 0 bridgehead atoms. The van der Waals surface area contributed by atoms with E-state index in [-0.39, 0.29) is 34.9 Å². The number of carbonyl (C=O) groups excluding carboxylic acids is 2. The Hall–Kier alpha value is -4.47. The average molecular weight is 470 g/mol. The van der Waals surface area contributed by atoms with Crippen molar-refractivity contribution in [3.63, 3.8) is 0 Å². The van der Waals surface area contributed by atoms with Gasteiger partial charge < -0.3 is 20.3 Å². The van der Waals surface area contributed by atoms with Gasteiger partial charge in [-0.1, -0.05) is 24.3 Å². The molecule has 7 nitrogen and oxygen atoms in total. The molecular weight excluding hydrogens is 453 g/mol. The molecule has 1 aliphatic heterocycles. The number of imide groups is 1. The van der Waals surface area contributed by atoms with Crippen LogP contribution in [-0.4, -0.2) is 28.4 Å². The Morgan fingerprint density at radius 3 is 2.24 bits per heavy atom. The maximum atomic E-state index is 12.5. The van der Waals surface area contributed by atoms with Crippen molar-refractivity contribution in [1.29, 1.82) is 0 Å². The van der Waals surface area contributed by atoms with Gasteiger partial charge in [0, 0.05) is 23.9 Å². The van der Waals surface area contributed by atoms with Gasteiger partial charge in [-0.3, -0.25) is 14.9 Å². The van der Waals surface area contributed by atoms with Gasteiger partial charge in [0.2, 0.25) is 0 Å². The van der Waals surface area contributed by atoms with Crippen molar-refractivity contribution in [2.45, 2.75) is 12.9 Å². The molecule has 2 amide bonds. The lowest BCUT2D eigenvalue weighted by molar-refractivity contribution is -0.274. The smallest absolute Gasteiger partial charge is 0.504 e. The van der Waals surface area contributed by atoms with E-state index in [2.05, 4.69) is 15.4 Å². The molecule has 3 aromatic carbocycles. The van der Waals surface area contributed by atoms with Crippen LogP contribution in [0.15, 0.2) is 66.9 Å². The minimum atomic E-state index is -4.80. The fraction of sp³-hybridized carbons (Fsp3) is 0.0833. The summed E-state index contributed by atoms with van der Waals surface area (Å²) in [7, 11) is 0. The molecule has 4 N–H and O–H groups in total. The second kappa shape index (κ2) is 8.81. The lowest BCUT2D eigenvalue weighted by atomic mass is 9.91. The Labute approximate surface area is 191 Å². The molecule has 1 heterocycles. The monoisotopic (exact) mass is 470 g/mol. The first-order valence-corrected chi connectivity index (χ1v) is 9.91. The Morgan fingerprint density at radius 2 is 1.56 bits per heavy atom. The molecule has 0 saturated heterocycles. The SMILES string of the molecule is O=C1NC(=O)c2ccc(-c3ccc(OC(F)(F)F)cc3)cc2/C1=C\NCc1ccc(O)c(O)c1. The van der Waals surface area contributed by atoms with Crippen LogP contribution in [0.4, 0.5) is 13.2 Å². The quantitative estimate of drug-likeness (QED) is 0.255. The molecule has 0 aromatic heterocycles. The average Bonchev–Trinajstić information content (AvgIpc) is 2.77. The maximum absolute atomic E-state index is 12.5. The lowest BCUT2D eigenvalue weighted by Gasteiger charge is -2.19. The van der Waals surface area contributed by atoms with E-state index in [0.717, 1.165) is 0 Å². The minimum Gasteiger partial charge on any atom is -0.504 e. The highest BCUT2D eigenvalue weighted by molar-refractivity contribution is 6.31. The number of nitrogens with one attached hydrogen (secondary N) is 2. The van der Waals surface area contributed by atoms with Crippen LogP contribution in [0.25, 0.3) is 16.7 Å². The number of hydrogen-bond donors (Lipinski definition) is 4. The van der Waals surface area contributed by atoms with Crippen LogP contribution < -0.4 is 15.4 Å². The molecule has 4 rings (SSSR count).